The fourth-order valence-electron chi connectivity index (χ4n) is 1.13. The van der Waals surface area contributed by atoms with E-state index in [4.69, 9.17) is 5.11 Å². The molecule has 0 aromatic carbocycles. The second-order valence-electron chi connectivity index (χ2n) is 3.48. The van der Waals surface area contributed by atoms with Crippen molar-refractivity contribution in [1.82, 2.24) is 15.1 Å². The van der Waals surface area contributed by atoms with Gasteiger partial charge in [-0.3, -0.25) is 10.00 Å². The van der Waals surface area contributed by atoms with E-state index < -0.39 is 6.10 Å². The zero-order chi connectivity index (χ0) is 11.4. The molecule has 3 N–H and O–H groups in total. The summed E-state index contributed by atoms with van der Waals surface area (Å²) in [6, 6.07) is 1.42. The summed E-state index contributed by atoms with van der Waals surface area (Å²) >= 11 is 0. The average molecular weight is 212 g/mol. The minimum atomic E-state index is -0.552. The van der Waals surface area contributed by atoms with Crippen molar-refractivity contribution in [2.45, 2.75) is 20.0 Å². The van der Waals surface area contributed by atoms with Crippen LogP contribution in [0.25, 0.3) is 0 Å². The van der Waals surface area contributed by atoms with Crippen LogP contribution in [0.1, 0.15) is 12.6 Å². The van der Waals surface area contributed by atoms with E-state index in [1.807, 2.05) is 6.92 Å². The van der Waals surface area contributed by atoms with Gasteiger partial charge in [0.2, 0.25) is 0 Å². The maximum atomic E-state index is 11.3. The van der Waals surface area contributed by atoms with Gasteiger partial charge in [0, 0.05) is 19.7 Å². The van der Waals surface area contributed by atoms with Crippen LogP contribution in [0, 0.1) is 6.92 Å². The first kappa shape index (κ1) is 11.5. The second-order valence-corrected chi connectivity index (χ2v) is 3.48. The molecular formula is C9H16N4O2. The summed E-state index contributed by atoms with van der Waals surface area (Å²) in [5.74, 6) is 0.621. The third-order valence-electron chi connectivity index (χ3n) is 1.80. The number of urea groups is 1. The van der Waals surface area contributed by atoms with Gasteiger partial charge in [-0.25, -0.2) is 4.79 Å². The van der Waals surface area contributed by atoms with Gasteiger partial charge in [-0.2, -0.15) is 5.10 Å². The number of hydrogen-bond donors (Lipinski definition) is 3. The zero-order valence-electron chi connectivity index (χ0n) is 9.11. The number of nitrogens with one attached hydrogen (secondary N) is 2. The predicted octanol–water partition coefficient (Wildman–Crippen LogP) is 0.231. The number of aryl methyl sites for hydroxylation is 2. The van der Waals surface area contributed by atoms with Crippen molar-refractivity contribution in [3.05, 3.63) is 11.8 Å². The normalized spacial score (nSPS) is 12.3. The fourth-order valence-corrected chi connectivity index (χ4v) is 1.13. The summed E-state index contributed by atoms with van der Waals surface area (Å²) in [6.07, 6.45) is -0.552. The van der Waals surface area contributed by atoms with E-state index in [2.05, 4.69) is 15.7 Å². The van der Waals surface area contributed by atoms with Crippen LogP contribution < -0.4 is 10.6 Å². The minimum Gasteiger partial charge on any atom is -0.392 e. The number of aromatic nitrogens is 2. The highest BCUT2D eigenvalue weighted by Gasteiger charge is 2.06. The number of carbonyl (C=O) groups excluding carboxylic acids is 1. The molecule has 0 saturated heterocycles. The zero-order valence-corrected chi connectivity index (χ0v) is 9.11. The molecule has 6 heteroatoms. The van der Waals surface area contributed by atoms with Gasteiger partial charge in [-0.15, -0.1) is 0 Å². The number of aliphatic hydroxyl groups is 1. The molecule has 0 radical (unpaired) electrons. The minimum absolute atomic E-state index is 0.225. The second kappa shape index (κ2) is 4.79. The van der Waals surface area contributed by atoms with Crippen molar-refractivity contribution in [1.29, 1.82) is 0 Å². The van der Waals surface area contributed by atoms with Crippen LogP contribution in [0.5, 0.6) is 0 Å². The van der Waals surface area contributed by atoms with Crippen molar-refractivity contribution in [3.63, 3.8) is 0 Å². The molecule has 1 aromatic rings. The largest absolute Gasteiger partial charge is 0.392 e. The monoisotopic (exact) mass is 212 g/mol. The summed E-state index contributed by atoms with van der Waals surface area (Å²) in [4.78, 5) is 11.3. The first-order valence-electron chi connectivity index (χ1n) is 4.72. The highest BCUT2D eigenvalue weighted by Crippen LogP contribution is 2.07. The van der Waals surface area contributed by atoms with Gasteiger partial charge in [-0.1, -0.05) is 0 Å². The van der Waals surface area contributed by atoms with Crippen molar-refractivity contribution in [3.8, 4) is 0 Å². The molecule has 6 nitrogen and oxygen atoms in total. The van der Waals surface area contributed by atoms with Crippen LogP contribution in [0.2, 0.25) is 0 Å². The Morgan fingerprint density at radius 1 is 1.73 bits per heavy atom. The molecule has 0 saturated carbocycles. The van der Waals surface area contributed by atoms with Crippen LogP contribution >= 0.6 is 0 Å². The number of nitrogens with zero attached hydrogens (tertiary/aromatic N) is 2. The summed E-state index contributed by atoms with van der Waals surface area (Å²) in [7, 11) is 1.75. The summed E-state index contributed by atoms with van der Waals surface area (Å²) in [5.41, 5.74) is 0.836. The summed E-state index contributed by atoms with van der Waals surface area (Å²) in [5, 5.41) is 18.2. The van der Waals surface area contributed by atoms with E-state index in [1.165, 1.54) is 0 Å². The van der Waals surface area contributed by atoms with Gasteiger partial charge < -0.3 is 10.4 Å². The highest BCUT2D eigenvalue weighted by molar-refractivity contribution is 5.88. The lowest BCUT2D eigenvalue weighted by molar-refractivity contribution is 0.190. The fraction of sp³-hybridized carbons (Fsp3) is 0.556. The number of rotatable bonds is 3. The molecule has 0 fully saturated rings. The van der Waals surface area contributed by atoms with E-state index in [0.29, 0.717) is 5.82 Å². The van der Waals surface area contributed by atoms with Crippen LogP contribution in [0.3, 0.4) is 0 Å². The van der Waals surface area contributed by atoms with Gasteiger partial charge in [0.25, 0.3) is 0 Å². The van der Waals surface area contributed by atoms with Gasteiger partial charge in [0.05, 0.1) is 11.8 Å². The Morgan fingerprint density at radius 2 is 2.40 bits per heavy atom. The Bertz CT molecular complexity index is 346. The molecule has 0 bridgehead atoms. The van der Waals surface area contributed by atoms with Crippen LogP contribution in [-0.4, -0.2) is 33.6 Å². The van der Waals surface area contributed by atoms with Gasteiger partial charge in [-0.05, 0) is 13.8 Å². The molecule has 0 aliphatic carbocycles. The van der Waals surface area contributed by atoms with Crippen molar-refractivity contribution >= 4 is 11.8 Å². The SMILES string of the molecule is Cc1cc(NC(=O)NC[C@@H](C)O)n(C)n1. The molecule has 0 unspecified atom stereocenters. The van der Waals surface area contributed by atoms with E-state index >= 15 is 0 Å². The number of hydrogen-bond acceptors (Lipinski definition) is 3. The molecule has 0 aliphatic rings. The molecule has 84 valence electrons. The van der Waals surface area contributed by atoms with E-state index in [0.717, 1.165) is 5.69 Å². The lowest BCUT2D eigenvalue weighted by Crippen LogP contribution is -2.34. The molecule has 0 spiro atoms. The number of amides is 2. The summed E-state index contributed by atoms with van der Waals surface area (Å²) < 4.78 is 1.58. The van der Waals surface area contributed by atoms with Gasteiger partial charge in [0.1, 0.15) is 5.82 Å². The maximum absolute atomic E-state index is 11.3. The van der Waals surface area contributed by atoms with E-state index in [9.17, 15) is 4.79 Å². The Balaban J connectivity index is 2.48. The quantitative estimate of drug-likeness (QED) is 0.671. The molecular weight excluding hydrogens is 196 g/mol. The maximum Gasteiger partial charge on any atom is 0.320 e. The molecule has 15 heavy (non-hydrogen) atoms. The Morgan fingerprint density at radius 3 is 2.87 bits per heavy atom. The molecule has 2 amide bonds. The predicted molar refractivity (Wildman–Crippen MR) is 56.6 cm³/mol. The highest BCUT2D eigenvalue weighted by atomic mass is 16.3. The number of anilines is 1. The molecule has 1 aromatic heterocycles. The topological polar surface area (TPSA) is 79.2 Å². The lowest BCUT2D eigenvalue weighted by atomic mass is 10.4. The van der Waals surface area contributed by atoms with Crippen molar-refractivity contribution < 1.29 is 9.90 Å². The first-order valence-corrected chi connectivity index (χ1v) is 4.72. The smallest absolute Gasteiger partial charge is 0.320 e. The average Bonchev–Trinajstić information content (AvgIpc) is 2.42. The van der Waals surface area contributed by atoms with Crippen LogP contribution in [0.4, 0.5) is 10.6 Å². The summed E-state index contributed by atoms with van der Waals surface area (Å²) in [6.45, 7) is 3.68. The molecule has 1 heterocycles. The molecule has 1 rings (SSSR count). The van der Waals surface area contributed by atoms with E-state index in [1.54, 1.807) is 24.7 Å². The standard InChI is InChI=1S/C9H16N4O2/c1-6-4-8(13(3)12-6)11-9(15)10-5-7(2)14/h4,7,14H,5H2,1-3H3,(H2,10,11,15)/t7-/m1/s1. The Kier molecular flexibility index (Phi) is 3.68. The molecule has 1 atom stereocenters. The third kappa shape index (κ3) is 3.59. The van der Waals surface area contributed by atoms with Crippen LogP contribution in [0.15, 0.2) is 6.07 Å². The van der Waals surface area contributed by atoms with Crippen molar-refractivity contribution in [2.75, 3.05) is 11.9 Å². The Hall–Kier alpha value is -1.56. The first-order chi connectivity index (χ1) is 6.99. The lowest BCUT2D eigenvalue weighted by Gasteiger charge is -2.08. The van der Waals surface area contributed by atoms with Crippen molar-refractivity contribution in [2.24, 2.45) is 7.05 Å². The third-order valence-corrected chi connectivity index (χ3v) is 1.80. The number of carbonyl (C=O) groups is 1. The van der Waals surface area contributed by atoms with Crippen LogP contribution in [-0.2, 0) is 7.05 Å². The number of aliphatic hydroxyl groups excluding tert-OH is 1. The van der Waals surface area contributed by atoms with Gasteiger partial charge in [0.15, 0.2) is 0 Å². The van der Waals surface area contributed by atoms with Gasteiger partial charge >= 0.3 is 6.03 Å². The molecule has 0 aliphatic heterocycles. The van der Waals surface area contributed by atoms with E-state index in [-0.39, 0.29) is 12.6 Å². The Labute approximate surface area is 88.3 Å².